The summed E-state index contributed by atoms with van der Waals surface area (Å²) in [5, 5.41) is 25.1. The molecule has 0 fully saturated rings. The van der Waals surface area contributed by atoms with Gasteiger partial charge in [0.05, 0.1) is 22.2 Å². The zero-order chi connectivity index (χ0) is 23.7. The van der Waals surface area contributed by atoms with Gasteiger partial charge >= 0.3 is 0 Å². The summed E-state index contributed by atoms with van der Waals surface area (Å²) in [4.78, 5) is 11.7. The number of rotatable bonds is 5. The number of benzene rings is 2. The largest absolute Gasteiger partial charge is 0.483 e. The first-order valence-corrected chi connectivity index (χ1v) is 9.86. The Morgan fingerprint density at radius 2 is 1.72 bits per heavy atom. The molecule has 2 aromatic carbocycles. The number of nitriles is 2. The summed E-state index contributed by atoms with van der Waals surface area (Å²) in [6, 6.07) is 12.7. The molecule has 0 aliphatic heterocycles. The Morgan fingerprint density at radius 1 is 1.03 bits per heavy atom. The first-order valence-electron chi connectivity index (χ1n) is 8.38. The second-order valence-electron chi connectivity index (χ2n) is 5.70. The van der Waals surface area contributed by atoms with Gasteiger partial charge in [-0.25, -0.2) is 22.2 Å². The lowest BCUT2D eigenvalue weighted by molar-refractivity contribution is -0.122. The Labute approximate surface area is 180 Å². The van der Waals surface area contributed by atoms with E-state index in [1.165, 1.54) is 18.2 Å². The van der Waals surface area contributed by atoms with Gasteiger partial charge in [0.1, 0.15) is 41.1 Å². The minimum atomic E-state index is -4.10. The molecule has 1 aromatic heterocycles. The van der Waals surface area contributed by atoms with Gasteiger partial charge in [-0.05, 0) is 42.5 Å². The normalized spacial score (nSPS) is 10.0. The Bertz CT molecular complexity index is 1320. The van der Waals surface area contributed by atoms with Crippen LogP contribution in [0.25, 0.3) is 0 Å². The van der Waals surface area contributed by atoms with Gasteiger partial charge in [0.25, 0.3) is 16.5 Å². The van der Waals surface area contributed by atoms with Crippen molar-refractivity contribution in [2.45, 2.75) is 4.90 Å². The van der Waals surface area contributed by atoms with Crippen LogP contribution in [-0.2, 0) is 14.8 Å². The third-order valence-corrected chi connectivity index (χ3v) is 4.99. The van der Waals surface area contributed by atoms with Crippen LogP contribution in [0, 0.1) is 34.3 Å². The Balaban J connectivity index is 0.00000114. The van der Waals surface area contributed by atoms with Gasteiger partial charge in [-0.2, -0.15) is 10.5 Å². The number of aromatic nitrogens is 1. The average molecular weight is 458 g/mol. The molecule has 0 aliphatic carbocycles. The fourth-order valence-electron chi connectivity index (χ4n) is 2.27. The molecule has 9 nitrogen and oxygen atoms in total. The summed E-state index contributed by atoms with van der Waals surface area (Å²) in [6.07, 6.45) is 0.855. The fourth-order valence-corrected chi connectivity index (χ4v) is 3.30. The Hall–Kier alpha value is -4.55. The van der Waals surface area contributed by atoms with Crippen molar-refractivity contribution in [1.29, 1.82) is 10.5 Å². The molecule has 1 heterocycles. The van der Waals surface area contributed by atoms with E-state index in [0.717, 1.165) is 36.5 Å². The molecule has 0 saturated carbocycles. The lowest BCUT2D eigenvalue weighted by Crippen LogP contribution is -2.14. The van der Waals surface area contributed by atoms with Crippen LogP contribution in [0.1, 0.15) is 11.1 Å². The molecule has 0 radical (unpaired) electrons. The van der Waals surface area contributed by atoms with Crippen LogP contribution >= 0.6 is 0 Å². The summed E-state index contributed by atoms with van der Waals surface area (Å²) in [6.45, 7) is -0.250. The number of pyridine rings is 1. The maximum Gasteiger partial charge on any atom is 0.290 e. The van der Waals surface area contributed by atoms with Gasteiger partial charge in [-0.1, -0.05) is 0 Å². The number of nitrogens with one attached hydrogen (secondary N) is 1. The van der Waals surface area contributed by atoms with Gasteiger partial charge < -0.3 is 9.84 Å². The molecule has 0 spiro atoms. The van der Waals surface area contributed by atoms with E-state index in [1.807, 2.05) is 6.07 Å². The third kappa shape index (κ3) is 5.98. The summed E-state index contributed by atoms with van der Waals surface area (Å²) in [5.41, 5.74) is -0.348. The van der Waals surface area contributed by atoms with Crippen LogP contribution in [0.5, 0.6) is 11.5 Å². The van der Waals surface area contributed by atoms with Crippen LogP contribution in [0.3, 0.4) is 0 Å². The molecule has 0 atom stereocenters. The number of carbonyl (C=O) groups is 1. The first-order chi connectivity index (χ1) is 15.2. The molecule has 2 N–H and O–H groups in total. The zero-order valence-electron chi connectivity index (χ0n) is 15.9. The second kappa shape index (κ2) is 10.5. The highest BCUT2D eigenvalue weighted by molar-refractivity contribution is 7.92. The van der Waals surface area contributed by atoms with E-state index in [0.29, 0.717) is 0 Å². The fraction of sp³-hybridized carbons (Fsp3) is 0. The van der Waals surface area contributed by atoms with E-state index >= 15 is 0 Å². The minimum Gasteiger partial charge on any atom is -0.483 e. The molecule has 162 valence electrons. The predicted molar refractivity (Wildman–Crippen MR) is 106 cm³/mol. The van der Waals surface area contributed by atoms with Crippen molar-refractivity contribution in [2.75, 3.05) is 4.72 Å². The highest BCUT2D eigenvalue weighted by Crippen LogP contribution is 2.29. The van der Waals surface area contributed by atoms with E-state index in [4.69, 9.17) is 19.9 Å². The van der Waals surface area contributed by atoms with Crippen molar-refractivity contribution in [2.24, 2.45) is 0 Å². The number of hydrogen-bond donors (Lipinski definition) is 2. The van der Waals surface area contributed by atoms with Crippen molar-refractivity contribution >= 4 is 22.3 Å². The summed E-state index contributed by atoms with van der Waals surface area (Å²) < 4.78 is 58.9. The maximum absolute atomic E-state index is 13.4. The number of nitrogens with zero attached hydrogens (tertiary/aromatic N) is 3. The van der Waals surface area contributed by atoms with Crippen molar-refractivity contribution in [3.63, 3.8) is 0 Å². The molecule has 3 aromatic rings. The lowest BCUT2D eigenvalue weighted by atomic mass is 10.2. The smallest absolute Gasteiger partial charge is 0.290 e. The molecule has 3 rings (SSSR count). The molecule has 0 saturated heterocycles. The number of sulfonamides is 1. The molecular formula is C20H12F2N4O5S. The molecule has 32 heavy (non-hydrogen) atoms. The van der Waals surface area contributed by atoms with Crippen molar-refractivity contribution in [1.82, 2.24) is 4.98 Å². The van der Waals surface area contributed by atoms with Gasteiger partial charge in [0.15, 0.2) is 0 Å². The standard InChI is InChI=1S/C19H10F2N4O3S.CH2O2/c20-14-1-6-19(24-11-14)25-29(26,27)16-3-5-18(13(8-16)10-23)28-15-2-4-17(21)12(7-15)9-22;2-1-3/h1-8,11H,(H,24,25);1H,(H,2,3). The monoisotopic (exact) mass is 458 g/mol. The Kier molecular flexibility index (Phi) is 7.76. The second-order valence-corrected chi connectivity index (χ2v) is 7.38. The molecule has 0 amide bonds. The van der Waals surface area contributed by atoms with Crippen LogP contribution in [0.2, 0.25) is 0 Å². The quantitative estimate of drug-likeness (QED) is 0.552. The highest BCUT2D eigenvalue weighted by Gasteiger charge is 2.18. The van der Waals surface area contributed by atoms with E-state index in [1.54, 1.807) is 6.07 Å². The van der Waals surface area contributed by atoms with Gasteiger partial charge in [0, 0.05) is 6.07 Å². The summed E-state index contributed by atoms with van der Waals surface area (Å²) >= 11 is 0. The third-order valence-electron chi connectivity index (χ3n) is 3.63. The number of halogens is 2. The first kappa shape index (κ1) is 23.7. The van der Waals surface area contributed by atoms with E-state index < -0.39 is 21.7 Å². The molecule has 0 aliphatic rings. The van der Waals surface area contributed by atoms with Crippen LogP contribution in [-0.4, -0.2) is 25.0 Å². The number of anilines is 1. The van der Waals surface area contributed by atoms with Crippen molar-refractivity contribution < 1.29 is 31.8 Å². The molecular weight excluding hydrogens is 446 g/mol. The molecule has 0 bridgehead atoms. The maximum atomic E-state index is 13.4. The summed E-state index contributed by atoms with van der Waals surface area (Å²) in [5.74, 6) is -1.32. The molecule has 12 heteroatoms. The minimum absolute atomic E-state index is 0.0156. The topological polar surface area (TPSA) is 153 Å². The predicted octanol–water partition coefficient (Wildman–Crippen LogP) is 3.40. The lowest BCUT2D eigenvalue weighted by Gasteiger charge is -2.11. The average Bonchev–Trinajstić information content (AvgIpc) is 2.77. The van der Waals surface area contributed by atoms with E-state index in [9.17, 15) is 22.5 Å². The summed E-state index contributed by atoms with van der Waals surface area (Å²) in [7, 11) is -4.10. The SMILES string of the molecule is N#Cc1cc(Oc2ccc(S(=O)(=O)Nc3ccc(F)cn3)cc2C#N)ccc1F.O=CO. The van der Waals surface area contributed by atoms with Gasteiger partial charge in [-0.15, -0.1) is 0 Å². The molecule has 0 unspecified atom stereocenters. The zero-order valence-corrected chi connectivity index (χ0v) is 16.7. The van der Waals surface area contributed by atoms with Gasteiger partial charge in [-0.3, -0.25) is 9.52 Å². The van der Waals surface area contributed by atoms with Crippen molar-refractivity contribution in [3.05, 3.63) is 77.5 Å². The highest BCUT2D eigenvalue weighted by atomic mass is 32.2. The van der Waals surface area contributed by atoms with E-state index in [-0.39, 0.29) is 39.8 Å². The number of carboxylic acid groups (broad SMARTS) is 1. The van der Waals surface area contributed by atoms with Crippen LogP contribution in [0.4, 0.5) is 14.6 Å². The van der Waals surface area contributed by atoms with Crippen LogP contribution in [0.15, 0.2) is 59.6 Å². The van der Waals surface area contributed by atoms with E-state index in [2.05, 4.69) is 9.71 Å². The number of ether oxygens (including phenoxy) is 1. The van der Waals surface area contributed by atoms with Crippen LogP contribution < -0.4 is 9.46 Å². The van der Waals surface area contributed by atoms with Crippen molar-refractivity contribution in [3.8, 4) is 23.6 Å². The Morgan fingerprint density at radius 3 is 2.31 bits per heavy atom. The number of hydrogen-bond acceptors (Lipinski definition) is 7. The van der Waals surface area contributed by atoms with Gasteiger partial charge in [0.2, 0.25) is 0 Å².